The van der Waals surface area contributed by atoms with Gasteiger partial charge in [0, 0.05) is 24.1 Å². The normalized spacial score (nSPS) is 18.5. The van der Waals surface area contributed by atoms with Crippen LogP contribution in [0.1, 0.15) is 23.6 Å². The van der Waals surface area contributed by atoms with Crippen LogP contribution < -0.4 is 0 Å². The van der Waals surface area contributed by atoms with Crippen LogP contribution in [0, 0.1) is 10.1 Å². The smallest absolute Gasteiger partial charge is 0.270 e. The summed E-state index contributed by atoms with van der Waals surface area (Å²) in [5, 5.41) is 36.4. The van der Waals surface area contributed by atoms with Crippen LogP contribution in [0.4, 0.5) is 5.69 Å². The maximum Gasteiger partial charge on any atom is 0.270 e. The van der Waals surface area contributed by atoms with Crippen LogP contribution in [-0.4, -0.2) is 22.1 Å². The highest BCUT2D eigenvalue weighted by molar-refractivity contribution is 5.87. The Bertz CT molecular complexity index is 846. The second-order valence-corrected chi connectivity index (χ2v) is 5.11. The average molecular weight is 323 g/mol. The van der Waals surface area contributed by atoms with Gasteiger partial charge in [-0.3, -0.25) is 10.1 Å². The van der Waals surface area contributed by atoms with E-state index in [2.05, 4.69) is 20.4 Å². The molecule has 3 rings (SSSR count). The third-order valence-electron chi connectivity index (χ3n) is 3.46. The molecule has 8 heteroatoms. The lowest BCUT2D eigenvalue weighted by atomic mass is 10.1. The molecule has 0 unspecified atom stereocenters. The van der Waals surface area contributed by atoms with E-state index >= 15 is 0 Å². The van der Waals surface area contributed by atoms with Crippen molar-refractivity contribution in [1.29, 1.82) is 0 Å². The number of phenolic OH excluding ortho intramolecular Hbond substituents is 1. The molecule has 24 heavy (non-hydrogen) atoms. The third-order valence-corrected chi connectivity index (χ3v) is 3.46. The van der Waals surface area contributed by atoms with Crippen molar-refractivity contribution in [3.05, 3.63) is 69.8 Å². The molecular weight excluding hydrogens is 310 g/mol. The molecule has 2 aromatic carbocycles. The van der Waals surface area contributed by atoms with Gasteiger partial charge in [0.25, 0.3) is 5.69 Å². The van der Waals surface area contributed by atoms with E-state index in [-0.39, 0.29) is 23.0 Å². The molecule has 0 saturated carbocycles. The minimum absolute atomic E-state index is 0.0774. The van der Waals surface area contributed by atoms with Crippen LogP contribution >= 0.6 is 0 Å². The fourth-order valence-corrected chi connectivity index (χ4v) is 2.23. The Morgan fingerprint density at radius 3 is 2.79 bits per heavy atom. The van der Waals surface area contributed by atoms with Gasteiger partial charge in [0.2, 0.25) is 0 Å². The number of nitro groups is 1. The number of azo groups is 1. The number of amidine groups is 1. The van der Waals surface area contributed by atoms with Gasteiger partial charge in [-0.05, 0) is 11.6 Å². The fraction of sp³-hybridized carbons (Fsp3) is 0.125. The van der Waals surface area contributed by atoms with E-state index in [0.29, 0.717) is 12.3 Å². The first kappa shape index (κ1) is 15.5. The molecule has 0 aliphatic carbocycles. The molecule has 0 aromatic heterocycles. The summed E-state index contributed by atoms with van der Waals surface area (Å²) in [6.07, 6.45) is 1.78. The van der Waals surface area contributed by atoms with Crippen LogP contribution in [0.2, 0.25) is 0 Å². The van der Waals surface area contributed by atoms with E-state index in [0.717, 1.165) is 5.56 Å². The summed E-state index contributed by atoms with van der Waals surface area (Å²) in [5.74, 6) is 0.352. The largest absolute Gasteiger partial charge is 0.507 e. The molecule has 1 aliphatic rings. The summed E-state index contributed by atoms with van der Waals surface area (Å²) < 4.78 is 0. The third kappa shape index (κ3) is 3.49. The minimum Gasteiger partial charge on any atom is -0.507 e. The molecule has 0 saturated heterocycles. The van der Waals surface area contributed by atoms with Crippen LogP contribution in [0.25, 0.3) is 0 Å². The van der Waals surface area contributed by atoms with Crippen LogP contribution in [0.15, 0.2) is 69.0 Å². The number of phenols is 1. The number of non-ortho nitro benzene ring substituents is 1. The van der Waals surface area contributed by atoms with Crippen molar-refractivity contribution in [1.82, 2.24) is 0 Å². The van der Waals surface area contributed by atoms with Crippen molar-refractivity contribution in [2.75, 3.05) is 0 Å². The first-order valence-corrected chi connectivity index (χ1v) is 7.16. The van der Waals surface area contributed by atoms with Crippen molar-refractivity contribution in [3.63, 3.8) is 0 Å². The monoisotopic (exact) mass is 323 g/mol. The van der Waals surface area contributed by atoms with Gasteiger partial charge in [-0.25, -0.2) is 0 Å². The van der Waals surface area contributed by atoms with Gasteiger partial charge in [0.05, 0.1) is 11.1 Å². The zero-order valence-electron chi connectivity index (χ0n) is 12.5. The molecule has 0 bridgehead atoms. The molecular formula is C16H13N5O3. The Labute approximate surface area is 137 Å². The van der Waals surface area contributed by atoms with Crippen molar-refractivity contribution in [2.45, 2.75) is 12.5 Å². The van der Waals surface area contributed by atoms with Crippen molar-refractivity contribution in [3.8, 4) is 5.75 Å². The summed E-state index contributed by atoms with van der Waals surface area (Å²) in [6, 6.07) is 13.3. The second-order valence-electron chi connectivity index (χ2n) is 5.11. The lowest BCUT2D eigenvalue weighted by Crippen LogP contribution is -1.95. The SMILES string of the molecule is O=[N+]([O-])c1ccc(O)c(/C=N\N=C2\C[C@@H](c3ccccc3)N=N2)c1. The van der Waals surface area contributed by atoms with Gasteiger partial charge in [-0.2, -0.15) is 10.2 Å². The maximum atomic E-state index is 10.7. The molecule has 120 valence electrons. The minimum atomic E-state index is -0.543. The highest BCUT2D eigenvalue weighted by Gasteiger charge is 2.19. The van der Waals surface area contributed by atoms with E-state index in [9.17, 15) is 15.2 Å². The summed E-state index contributed by atoms with van der Waals surface area (Å²) in [4.78, 5) is 10.2. The van der Waals surface area contributed by atoms with E-state index in [1.54, 1.807) is 0 Å². The van der Waals surface area contributed by atoms with Crippen LogP contribution in [0.5, 0.6) is 5.75 Å². The van der Waals surface area contributed by atoms with Crippen LogP contribution in [-0.2, 0) is 0 Å². The maximum absolute atomic E-state index is 10.7. The fourth-order valence-electron chi connectivity index (χ4n) is 2.23. The number of hydrogen-bond acceptors (Lipinski definition) is 6. The second kappa shape index (κ2) is 6.78. The number of rotatable bonds is 4. The molecule has 1 heterocycles. The number of nitro benzene ring substituents is 1. The Kier molecular flexibility index (Phi) is 4.37. The predicted octanol–water partition coefficient (Wildman–Crippen LogP) is 3.63. The van der Waals surface area contributed by atoms with E-state index in [1.165, 1.54) is 24.4 Å². The molecule has 0 fully saturated rings. The lowest BCUT2D eigenvalue weighted by Gasteiger charge is -2.02. The number of aromatic hydroxyl groups is 1. The first-order chi connectivity index (χ1) is 11.6. The Balaban J connectivity index is 1.71. The van der Waals surface area contributed by atoms with Gasteiger partial charge < -0.3 is 5.11 Å². The van der Waals surface area contributed by atoms with Gasteiger partial charge in [0.15, 0.2) is 5.84 Å². The Morgan fingerprint density at radius 1 is 1.25 bits per heavy atom. The number of hydrogen-bond donors (Lipinski definition) is 1. The highest BCUT2D eigenvalue weighted by atomic mass is 16.6. The predicted molar refractivity (Wildman–Crippen MR) is 88.4 cm³/mol. The summed E-state index contributed by atoms with van der Waals surface area (Å²) in [6.45, 7) is 0. The first-order valence-electron chi connectivity index (χ1n) is 7.16. The number of benzene rings is 2. The Hall–Kier alpha value is -3.42. The van der Waals surface area contributed by atoms with Gasteiger partial charge >= 0.3 is 0 Å². The van der Waals surface area contributed by atoms with Gasteiger partial charge in [0.1, 0.15) is 11.8 Å². The van der Waals surface area contributed by atoms with Crippen molar-refractivity contribution < 1.29 is 10.0 Å². The molecule has 1 N–H and O–H groups in total. The zero-order valence-corrected chi connectivity index (χ0v) is 12.5. The quantitative estimate of drug-likeness (QED) is 0.526. The topological polar surface area (TPSA) is 113 Å². The molecule has 0 radical (unpaired) electrons. The standard InChI is InChI=1S/C16H13N5O3/c22-15-7-6-13(21(23)24)8-12(15)10-17-19-16-9-14(18-20-16)11-4-2-1-3-5-11/h1-8,10,14,22H,9H2/b17-10-,19-16-/t14-/m0/s1. The average Bonchev–Trinajstić information content (AvgIpc) is 3.06. The molecule has 0 amide bonds. The summed E-state index contributed by atoms with van der Waals surface area (Å²) in [5.41, 5.74) is 1.13. The molecule has 1 aliphatic heterocycles. The van der Waals surface area contributed by atoms with E-state index < -0.39 is 4.92 Å². The zero-order chi connectivity index (χ0) is 16.9. The molecule has 0 spiro atoms. The summed E-state index contributed by atoms with van der Waals surface area (Å²) >= 11 is 0. The van der Waals surface area contributed by atoms with Crippen molar-refractivity contribution >= 4 is 17.7 Å². The number of nitrogens with zero attached hydrogens (tertiary/aromatic N) is 5. The van der Waals surface area contributed by atoms with Gasteiger partial charge in [-0.15, -0.1) is 10.2 Å². The highest BCUT2D eigenvalue weighted by Crippen LogP contribution is 2.27. The van der Waals surface area contributed by atoms with Crippen molar-refractivity contribution in [2.24, 2.45) is 20.4 Å². The summed E-state index contributed by atoms with van der Waals surface area (Å²) in [7, 11) is 0. The van der Waals surface area contributed by atoms with Gasteiger partial charge in [-0.1, -0.05) is 30.3 Å². The molecule has 2 aromatic rings. The van der Waals surface area contributed by atoms with E-state index in [4.69, 9.17) is 0 Å². The molecule has 1 atom stereocenters. The lowest BCUT2D eigenvalue weighted by molar-refractivity contribution is -0.384. The Morgan fingerprint density at radius 2 is 2.04 bits per heavy atom. The van der Waals surface area contributed by atoms with Crippen LogP contribution in [0.3, 0.4) is 0 Å². The van der Waals surface area contributed by atoms with E-state index in [1.807, 2.05) is 30.3 Å². The molecule has 8 nitrogen and oxygen atoms in total.